The Morgan fingerprint density at radius 1 is 1.50 bits per heavy atom. The SMILES string of the molecule is C1=Cc2sccc2ON=C1. The fourth-order valence-corrected chi connectivity index (χ4v) is 1.48. The standard InChI is InChI=1S/C7H5NOS/c1-2-7-6(3-5-10-7)9-8-4-1/h1-5H. The summed E-state index contributed by atoms with van der Waals surface area (Å²) in [5, 5.41) is 5.66. The molecule has 1 aromatic rings. The summed E-state index contributed by atoms with van der Waals surface area (Å²) in [6.45, 7) is 0. The lowest BCUT2D eigenvalue weighted by molar-refractivity contribution is 0.346. The maximum absolute atomic E-state index is 5.01. The number of allylic oxidation sites excluding steroid dienone is 1. The van der Waals surface area contributed by atoms with Crippen molar-refractivity contribution in [3.05, 3.63) is 22.4 Å². The largest absolute Gasteiger partial charge is 0.355 e. The van der Waals surface area contributed by atoms with Crippen LogP contribution in [0.15, 0.2) is 22.7 Å². The van der Waals surface area contributed by atoms with Crippen LogP contribution in [0.5, 0.6) is 5.75 Å². The van der Waals surface area contributed by atoms with Crippen molar-refractivity contribution in [1.29, 1.82) is 0 Å². The number of hydrogen-bond donors (Lipinski definition) is 0. The monoisotopic (exact) mass is 151 g/mol. The molecule has 0 spiro atoms. The lowest BCUT2D eigenvalue weighted by Gasteiger charge is -1.90. The topological polar surface area (TPSA) is 21.6 Å². The maximum Gasteiger partial charge on any atom is 0.175 e. The summed E-state index contributed by atoms with van der Waals surface area (Å²) >= 11 is 1.65. The van der Waals surface area contributed by atoms with E-state index in [4.69, 9.17) is 4.84 Å². The highest BCUT2D eigenvalue weighted by atomic mass is 32.1. The molecule has 0 radical (unpaired) electrons. The van der Waals surface area contributed by atoms with Crippen molar-refractivity contribution in [1.82, 2.24) is 0 Å². The minimum absolute atomic E-state index is 0.843. The van der Waals surface area contributed by atoms with E-state index in [1.54, 1.807) is 17.6 Å². The van der Waals surface area contributed by atoms with Crippen molar-refractivity contribution >= 4 is 23.6 Å². The van der Waals surface area contributed by atoms with E-state index in [1.165, 1.54) is 0 Å². The van der Waals surface area contributed by atoms with Crippen LogP contribution in [0.3, 0.4) is 0 Å². The van der Waals surface area contributed by atoms with Gasteiger partial charge in [0, 0.05) is 0 Å². The van der Waals surface area contributed by atoms with Gasteiger partial charge in [-0.25, -0.2) is 0 Å². The van der Waals surface area contributed by atoms with Crippen LogP contribution in [0.25, 0.3) is 6.08 Å². The Morgan fingerprint density at radius 2 is 2.50 bits per heavy atom. The fraction of sp³-hybridized carbons (Fsp3) is 0. The molecular weight excluding hydrogens is 146 g/mol. The van der Waals surface area contributed by atoms with Gasteiger partial charge >= 0.3 is 0 Å². The normalized spacial score (nSPS) is 14.0. The van der Waals surface area contributed by atoms with Crippen molar-refractivity contribution in [3.8, 4) is 5.75 Å². The Morgan fingerprint density at radius 3 is 3.50 bits per heavy atom. The molecule has 0 aromatic carbocycles. The van der Waals surface area contributed by atoms with Crippen LogP contribution >= 0.6 is 11.3 Å². The van der Waals surface area contributed by atoms with Crippen LogP contribution in [0.1, 0.15) is 4.88 Å². The van der Waals surface area contributed by atoms with Gasteiger partial charge in [0.25, 0.3) is 0 Å². The first kappa shape index (κ1) is 5.68. The van der Waals surface area contributed by atoms with Crippen molar-refractivity contribution in [2.75, 3.05) is 0 Å². The van der Waals surface area contributed by atoms with Crippen LogP contribution in [0, 0.1) is 0 Å². The van der Waals surface area contributed by atoms with Gasteiger partial charge in [0.2, 0.25) is 0 Å². The predicted molar refractivity (Wildman–Crippen MR) is 42.5 cm³/mol. The van der Waals surface area contributed by atoms with E-state index in [-0.39, 0.29) is 0 Å². The van der Waals surface area contributed by atoms with Gasteiger partial charge in [0.1, 0.15) is 0 Å². The van der Waals surface area contributed by atoms with Crippen LogP contribution in [-0.2, 0) is 0 Å². The van der Waals surface area contributed by atoms with E-state index in [0.717, 1.165) is 10.6 Å². The molecule has 0 saturated heterocycles. The number of hydrogen-bond acceptors (Lipinski definition) is 3. The molecular formula is C7H5NOS. The highest BCUT2D eigenvalue weighted by Crippen LogP contribution is 2.26. The summed E-state index contributed by atoms with van der Waals surface area (Å²) in [5.41, 5.74) is 0. The predicted octanol–water partition coefficient (Wildman–Crippen LogP) is 2.14. The Hall–Kier alpha value is -1.09. The Balaban J connectivity index is 2.50. The number of oxime groups is 1. The number of thiophene rings is 1. The van der Waals surface area contributed by atoms with Gasteiger partial charge in [0.05, 0.1) is 11.1 Å². The molecule has 0 N–H and O–H groups in total. The highest BCUT2D eigenvalue weighted by molar-refractivity contribution is 7.11. The molecule has 2 heterocycles. The molecule has 1 aromatic heterocycles. The van der Waals surface area contributed by atoms with Gasteiger partial charge in [-0.3, -0.25) is 0 Å². The quantitative estimate of drug-likeness (QED) is 0.556. The average molecular weight is 151 g/mol. The van der Waals surface area contributed by atoms with Gasteiger partial charge in [0.15, 0.2) is 5.75 Å². The highest BCUT2D eigenvalue weighted by Gasteiger charge is 2.02. The van der Waals surface area contributed by atoms with Crippen molar-refractivity contribution in [3.63, 3.8) is 0 Å². The van der Waals surface area contributed by atoms with E-state index in [9.17, 15) is 0 Å². The molecule has 0 aliphatic carbocycles. The summed E-state index contributed by atoms with van der Waals surface area (Å²) < 4.78 is 0. The second-order valence-corrected chi connectivity index (χ2v) is 2.80. The molecule has 2 nitrogen and oxygen atoms in total. The Labute approximate surface area is 62.4 Å². The Kier molecular flexibility index (Phi) is 1.29. The first-order valence-electron chi connectivity index (χ1n) is 2.91. The van der Waals surface area contributed by atoms with Gasteiger partial charge in [-0.15, -0.1) is 11.3 Å². The van der Waals surface area contributed by atoms with Gasteiger partial charge in [-0.1, -0.05) is 5.16 Å². The van der Waals surface area contributed by atoms with E-state index in [0.29, 0.717) is 0 Å². The molecule has 0 fully saturated rings. The molecule has 10 heavy (non-hydrogen) atoms. The van der Waals surface area contributed by atoms with Crippen LogP contribution in [0.4, 0.5) is 0 Å². The summed E-state index contributed by atoms with van der Waals surface area (Å²) in [4.78, 5) is 6.13. The zero-order valence-electron chi connectivity index (χ0n) is 5.15. The number of rotatable bonds is 0. The van der Waals surface area contributed by atoms with Crippen LogP contribution in [-0.4, -0.2) is 6.21 Å². The minimum Gasteiger partial charge on any atom is -0.355 e. The maximum atomic E-state index is 5.01. The van der Waals surface area contributed by atoms with Crippen molar-refractivity contribution in [2.24, 2.45) is 5.16 Å². The van der Waals surface area contributed by atoms with Crippen molar-refractivity contribution < 1.29 is 4.84 Å². The molecule has 0 atom stereocenters. The minimum atomic E-state index is 0.843. The molecule has 1 aliphatic heterocycles. The molecule has 0 saturated carbocycles. The fourth-order valence-electron chi connectivity index (χ4n) is 0.759. The molecule has 0 amide bonds. The van der Waals surface area contributed by atoms with E-state index in [2.05, 4.69) is 5.16 Å². The lowest BCUT2D eigenvalue weighted by atomic mass is 10.4. The molecule has 3 heteroatoms. The van der Waals surface area contributed by atoms with Gasteiger partial charge < -0.3 is 4.84 Å². The first-order valence-corrected chi connectivity index (χ1v) is 3.79. The second-order valence-electron chi connectivity index (χ2n) is 1.85. The van der Waals surface area contributed by atoms with Crippen molar-refractivity contribution in [2.45, 2.75) is 0 Å². The number of fused-ring (bicyclic) bond motifs is 1. The van der Waals surface area contributed by atoms with E-state index in [1.807, 2.05) is 23.6 Å². The first-order chi connectivity index (χ1) is 4.97. The smallest absolute Gasteiger partial charge is 0.175 e. The summed E-state index contributed by atoms with van der Waals surface area (Å²) in [7, 11) is 0. The lowest BCUT2D eigenvalue weighted by Crippen LogP contribution is -1.78. The third-order valence-electron chi connectivity index (χ3n) is 1.20. The van der Waals surface area contributed by atoms with Crippen LogP contribution in [0.2, 0.25) is 0 Å². The zero-order valence-corrected chi connectivity index (χ0v) is 5.97. The van der Waals surface area contributed by atoms with Gasteiger partial charge in [-0.05, 0) is 23.6 Å². The zero-order chi connectivity index (χ0) is 6.81. The van der Waals surface area contributed by atoms with E-state index < -0.39 is 0 Å². The van der Waals surface area contributed by atoms with Crippen LogP contribution < -0.4 is 4.84 Å². The Bertz CT molecular complexity index is 288. The third-order valence-corrected chi connectivity index (χ3v) is 2.07. The number of nitrogens with zero attached hydrogens (tertiary/aromatic N) is 1. The molecule has 2 rings (SSSR count). The van der Waals surface area contributed by atoms with Gasteiger partial charge in [-0.2, -0.15) is 0 Å². The third kappa shape index (κ3) is 0.844. The molecule has 0 unspecified atom stereocenters. The molecule has 1 aliphatic rings. The summed E-state index contributed by atoms with van der Waals surface area (Å²) in [6, 6.07) is 1.91. The summed E-state index contributed by atoms with van der Waals surface area (Å²) in [5.74, 6) is 0.843. The summed E-state index contributed by atoms with van der Waals surface area (Å²) in [6.07, 6.45) is 5.48. The average Bonchev–Trinajstić information content (AvgIpc) is 2.28. The molecule has 50 valence electrons. The van der Waals surface area contributed by atoms with E-state index >= 15 is 0 Å². The molecule has 0 bridgehead atoms. The second kappa shape index (κ2) is 2.27.